The molecule has 1 aromatic carbocycles. The second-order valence-electron chi connectivity index (χ2n) is 4.63. The highest BCUT2D eigenvalue weighted by Gasteiger charge is 2.16. The van der Waals surface area contributed by atoms with Gasteiger partial charge in [0.15, 0.2) is 0 Å². The zero-order valence-corrected chi connectivity index (χ0v) is 12.9. The van der Waals surface area contributed by atoms with E-state index >= 15 is 0 Å². The van der Waals surface area contributed by atoms with E-state index in [-0.39, 0.29) is 10.9 Å². The summed E-state index contributed by atoms with van der Waals surface area (Å²) in [5, 5.41) is 3.10. The van der Waals surface area contributed by atoms with Crippen LogP contribution in [-0.4, -0.2) is 20.4 Å². The molecule has 0 aliphatic carbocycles. The second kappa shape index (κ2) is 5.74. The maximum Gasteiger partial charge on any atom is 0.240 e. The van der Waals surface area contributed by atoms with Crippen LogP contribution in [-0.2, 0) is 10.0 Å². The number of rotatable bonds is 5. The van der Waals surface area contributed by atoms with E-state index in [9.17, 15) is 8.42 Å². The molecule has 8 heteroatoms. The minimum atomic E-state index is -3.52. The Morgan fingerprint density at radius 2 is 2.10 bits per heavy atom. The van der Waals surface area contributed by atoms with Gasteiger partial charge < -0.3 is 15.5 Å². The number of nitrogens with two attached hydrogens (primary N) is 1. The smallest absolute Gasteiger partial charge is 0.240 e. The molecule has 1 aromatic heterocycles. The van der Waals surface area contributed by atoms with Crippen LogP contribution in [0.25, 0.3) is 0 Å². The topological polar surface area (TPSA) is 110 Å². The standard InChI is InChI=1S/C13H18N4O3S/c1-8-7-16-13(20-8)9(2)17-12-6-10(4-5-11(12)14)21(18,19)15-3/h4-7,9,15,17H,14H2,1-3H3. The maximum atomic E-state index is 11.8. The first-order valence-electron chi connectivity index (χ1n) is 6.35. The van der Waals surface area contributed by atoms with Gasteiger partial charge in [-0.2, -0.15) is 0 Å². The van der Waals surface area contributed by atoms with Gasteiger partial charge in [0.05, 0.1) is 22.5 Å². The molecule has 21 heavy (non-hydrogen) atoms. The van der Waals surface area contributed by atoms with Gasteiger partial charge in [-0.25, -0.2) is 18.1 Å². The molecule has 0 saturated heterocycles. The summed E-state index contributed by atoms with van der Waals surface area (Å²) in [7, 11) is -2.16. The highest BCUT2D eigenvalue weighted by atomic mass is 32.2. The summed E-state index contributed by atoms with van der Waals surface area (Å²) >= 11 is 0. The first-order valence-corrected chi connectivity index (χ1v) is 7.83. The molecule has 0 aliphatic heterocycles. The number of nitrogen functional groups attached to an aromatic ring is 1. The molecule has 1 unspecified atom stereocenters. The van der Waals surface area contributed by atoms with E-state index in [2.05, 4.69) is 15.0 Å². The Kier molecular flexibility index (Phi) is 4.19. The van der Waals surface area contributed by atoms with E-state index in [1.54, 1.807) is 19.2 Å². The molecule has 0 saturated carbocycles. The summed E-state index contributed by atoms with van der Waals surface area (Å²) < 4.78 is 31.3. The number of hydrogen-bond donors (Lipinski definition) is 3. The molecule has 2 rings (SSSR count). The normalized spacial score (nSPS) is 13.1. The van der Waals surface area contributed by atoms with Crippen LogP contribution in [0.5, 0.6) is 0 Å². The average molecular weight is 310 g/mol. The van der Waals surface area contributed by atoms with Crippen LogP contribution in [0.4, 0.5) is 11.4 Å². The fourth-order valence-corrected chi connectivity index (χ4v) is 2.57. The summed E-state index contributed by atoms with van der Waals surface area (Å²) in [4.78, 5) is 4.26. The van der Waals surface area contributed by atoms with Crippen LogP contribution in [0.15, 0.2) is 33.7 Å². The number of aromatic nitrogens is 1. The molecule has 114 valence electrons. The number of sulfonamides is 1. The van der Waals surface area contributed by atoms with Gasteiger partial charge in [0.1, 0.15) is 11.8 Å². The maximum absolute atomic E-state index is 11.8. The van der Waals surface area contributed by atoms with E-state index in [1.807, 2.05) is 6.92 Å². The lowest BCUT2D eigenvalue weighted by Crippen LogP contribution is -2.19. The number of hydrogen-bond acceptors (Lipinski definition) is 6. The van der Waals surface area contributed by atoms with Crippen LogP contribution >= 0.6 is 0 Å². The Balaban J connectivity index is 2.29. The van der Waals surface area contributed by atoms with E-state index < -0.39 is 10.0 Å². The van der Waals surface area contributed by atoms with E-state index in [1.165, 1.54) is 19.2 Å². The third kappa shape index (κ3) is 3.34. The minimum absolute atomic E-state index is 0.137. The SMILES string of the molecule is CNS(=O)(=O)c1ccc(N)c(NC(C)c2ncc(C)o2)c1. The lowest BCUT2D eigenvalue weighted by molar-refractivity contribution is 0.454. The van der Waals surface area contributed by atoms with Crippen LogP contribution in [0.1, 0.15) is 24.6 Å². The van der Waals surface area contributed by atoms with E-state index in [0.717, 1.165) is 0 Å². The number of anilines is 2. The Morgan fingerprint density at radius 3 is 2.67 bits per heavy atom. The van der Waals surface area contributed by atoms with Gasteiger partial charge in [-0.1, -0.05) is 0 Å². The van der Waals surface area contributed by atoms with E-state index in [0.29, 0.717) is 23.0 Å². The number of nitrogens with one attached hydrogen (secondary N) is 2. The van der Waals surface area contributed by atoms with Crippen molar-refractivity contribution in [2.24, 2.45) is 0 Å². The van der Waals surface area contributed by atoms with Crippen molar-refractivity contribution in [2.45, 2.75) is 24.8 Å². The third-order valence-corrected chi connectivity index (χ3v) is 4.40. The summed E-state index contributed by atoms with van der Waals surface area (Å²) in [6.45, 7) is 3.65. The molecule has 0 aliphatic rings. The van der Waals surface area contributed by atoms with Crippen molar-refractivity contribution in [3.05, 3.63) is 36.0 Å². The summed E-state index contributed by atoms with van der Waals surface area (Å²) in [6, 6.07) is 4.23. The van der Waals surface area contributed by atoms with Crippen LogP contribution in [0.3, 0.4) is 0 Å². The number of nitrogens with zero attached hydrogens (tertiary/aromatic N) is 1. The number of oxazole rings is 1. The molecule has 0 fully saturated rings. The van der Waals surface area contributed by atoms with Gasteiger partial charge in [0.25, 0.3) is 0 Å². The Labute approximate surface area is 123 Å². The predicted octanol–water partition coefficient (Wildman–Crippen LogP) is 1.65. The van der Waals surface area contributed by atoms with Crippen molar-refractivity contribution < 1.29 is 12.8 Å². The molecule has 1 atom stereocenters. The third-order valence-electron chi connectivity index (χ3n) is 2.99. The van der Waals surface area contributed by atoms with Gasteiger partial charge in [-0.15, -0.1) is 0 Å². The molecule has 0 radical (unpaired) electrons. The molecule has 0 amide bonds. The molecule has 0 bridgehead atoms. The molecule has 1 heterocycles. The second-order valence-corrected chi connectivity index (χ2v) is 6.52. The lowest BCUT2D eigenvalue weighted by Gasteiger charge is -2.15. The predicted molar refractivity (Wildman–Crippen MR) is 80.4 cm³/mol. The van der Waals surface area contributed by atoms with Crippen molar-refractivity contribution in [3.63, 3.8) is 0 Å². The minimum Gasteiger partial charge on any atom is -0.444 e. The summed E-state index contributed by atoms with van der Waals surface area (Å²) in [5.74, 6) is 1.21. The van der Waals surface area contributed by atoms with Crippen LogP contribution < -0.4 is 15.8 Å². The summed E-state index contributed by atoms with van der Waals surface area (Å²) in [6.07, 6.45) is 1.62. The lowest BCUT2D eigenvalue weighted by atomic mass is 10.2. The molecule has 0 spiro atoms. The van der Waals surface area contributed by atoms with Crippen molar-refractivity contribution >= 4 is 21.4 Å². The molecule has 2 aromatic rings. The molecular weight excluding hydrogens is 292 g/mol. The quantitative estimate of drug-likeness (QED) is 0.724. The summed E-state index contributed by atoms with van der Waals surface area (Å²) in [5.41, 5.74) is 6.83. The molecular formula is C13H18N4O3S. The van der Waals surface area contributed by atoms with E-state index in [4.69, 9.17) is 10.2 Å². The Hall–Kier alpha value is -2.06. The first kappa shape index (κ1) is 15.3. The van der Waals surface area contributed by atoms with Crippen molar-refractivity contribution in [3.8, 4) is 0 Å². The van der Waals surface area contributed by atoms with Gasteiger partial charge in [-0.3, -0.25) is 0 Å². The zero-order valence-electron chi connectivity index (χ0n) is 12.0. The van der Waals surface area contributed by atoms with Crippen LogP contribution in [0, 0.1) is 6.92 Å². The van der Waals surface area contributed by atoms with Crippen LogP contribution in [0.2, 0.25) is 0 Å². The molecule has 7 nitrogen and oxygen atoms in total. The highest BCUT2D eigenvalue weighted by Crippen LogP contribution is 2.26. The number of benzene rings is 1. The van der Waals surface area contributed by atoms with Gasteiger partial charge in [-0.05, 0) is 39.1 Å². The first-order chi connectivity index (χ1) is 9.83. The Morgan fingerprint density at radius 1 is 1.38 bits per heavy atom. The van der Waals surface area contributed by atoms with Gasteiger partial charge >= 0.3 is 0 Å². The van der Waals surface area contributed by atoms with Gasteiger partial charge in [0, 0.05) is 0 Å². The fraction of sp³-hybridized carbons (Fsp3) is 0.308. The zero-order chi connectivity index (χ0) is 15.6. The Bertz CT molecular complexity index is 740. The number of aryl methyl sites for hydroxylation is 1. The molecule has 4 N–H and O–H groups in total. The van der Waals surface area contributed by atoms with Gasteiger partial charge in [0.2, 0.25) is 15.9 Å². The largest absolute Gasteiger partial charge is 0.444 e. The average Bonchev–Trinajstić information content (AvgIpc) is 2.87. The van der Waals surface area contributed by atoms with Crippen molar-refractivity contribution in [2.75, 3.05) is 18.1 Å². The van der Waals surface area contributed by atoms with Crippen molar-refractivity contribution in [1.29, 1.82) is 0 Å². The van der Waals surface area contributed by atoms with Crippen molar-refractivity contribution in [1.82, 2.24) is 9.71 Å². The highest BCUT2D eigenvalue weighted by molar-refractivity contribution is 7.89. The monoisotopic (exact) mass is 310 g/mol. The fourth-order valence-electron chi connectivity index (χ4n) is 1.81.